The molecule has 1 heterocycles. The molecule has 0 saturated heterocycles. The molecule has 7 nitrogen and oxygen atoms in total. The first-order valence-electron chi connectivity index (χ1n) is 9.23. The standard InChI is InChI=1S/C22H23N3O4/c1-13(2)25-21(27)19(15-8-10-16(11-9-15)23-14(3)26)20(22(25)28)24-17-6-5-7-18(12-17)29-4/h5-13,24H,1-4H3,(H,23,26). The van der Waals surface area contributed by atoms with Crippen LogP contribution in [0.3, 0.4) is 0 Å². The number of hydrogen-bond acceptors (Lipinski definition) is 5. The lowest BCUT2D eigenvalue weighted by atomic mass is 10.0. The summed E-state index contributed by atoms with van der Waals surface area (Å²) in [6, 6.07) is 13.7. The smallest absolute Gasteiger partial charge is 0.278 e. The van der Waals surface area contributed by atoms with Gasteiger partial charge in [0.2, 0.25) is 5.91 Å². The van der Waals surface area contributed by atoms with Crippen LogP contribution in [0.2, 0.25) is 0 Å². The summed E-state index contributed by atoms with van der Waals surface area (Å²) in [5, 5.41) is 5.78. The van der Waals surface area contributed by atoms with Crippen molar-refractivity contribution in [2.45, 2.75) is 26.8 Å². The summed E-state index contributed by atoms with van der Waals surface area (Å²) < 4.78 is 5.23. The molecular formula is C22H23N3O4. The van der Waals surface area contributed by atoms with E-state index < -0.39 is 0 Å². The molecule has 3 rings (SSSR count). The lowest BCUT2D eigenvalue weighted by Gasteiger charge is -2.19. The summed E-state index contributed by atoms with van der Waals surface area (Å²) in [5.74, 6) is -0.291. The molecule has 2 N–H and O–H groups in total. The van der Waals surface area contributed by atoms with E-state index in [-0.39, 0.29) is 29.5 Å². The molecule has 0 fully saturated rings. The molecule has 0 atom stereocenters. The van der Waals surface area contributed by atoms with Crippen molar-refractivity contribution < 1.29 is 19.1 Å². The zero-order valence-corrected chi connectivity index (χ0v) is 16.8. The third kappa shape index (κ3) is 4.13. The minimum atomic E-state index is -0.381. The number of nitrogens with one attached hydrogen (secondary N) is 2. The van der Waals surface area contributed by atoms with E-state index in [1.807, 2.05) is 0 Å². The summed E-state index contributed by atoms with van der Waals surface area (Å²) in [6.45, 7) is 5.01. The number of rotatable bonds is 6. The van der Waals surface area contributed by atoms with Gasteiger partial charge in [-0.3, -0.25) is 19.3 Å². The van der Waals surface area contributed by atoms with Crippen LogP contribution < -0.4 is 15.4 Å². The average Bonchev–Trinajstić information content (AvgIpc) is 2.92. The number of carbonyl (C=O) groups is 3. The third-order valence-electron chi connectivity index (χ3n) is 4.46. The summed E-state index contributed by atoms with van der Waals surface area (Å²) in [4.78, 5) is 38.5. The number of methoxy groups -OCH3 is 1. The Morgan fingerprint density at radius 3 is 2.28 bits per heavy atom. The second-order valence-corrected chi connectivity index (χ2v) is 6.94. The predicted molar refractivity (Wildman–Crippen MR) is 111 cm³/mol. The summed E-state index contributed by atoms with van der Waals surface area (Å²) >= 11 is 0. The number of benzene rings is 2. The number of amides is 3. The Balaban J connectivity index is 2.04. The van der Waals surface area contributed by atoms with Crippen LogP contribution in [0.5, 0.6) is 5.75 Å². The minimum absolute atomic E-state index is 0.185. The van der Waals surface area contributed by atoms with Gasteiger partial charge in [0.25, 0.3) is 11.8 Å². The van der Waals surface area contributed by atoms with Crippen molar-refractivity contribution in [3.8, 4) is 5.75 Å². The van der Waals surface area contributed by atoms with Gasteiger partial charge in [0.1, 0.15) is 11.4 Å². The molecule has 2 aromatic carbocycles. The maximum atomic E-state index is 13.1. The van der Waals surface area contributed by atoms with E-state index in [1.165, 1.54) is 11.8 Å². The van der Waals surface area contributed by atoms with Crippen molar-refractivity contribution in [2.24, 2.45) is 0 Å². The maximum absolute atomic E-state index is 13.1. The minimum Gasteiger partial charge on any atom is -0.497 e. The Morgan fingerprint density at radius 1 is 1.00 bits per heavy atom. The van der Waals surface area contributed by atoms with Crippen LogP contribution in [0.25, 0.3) is 5.57 Å². The molecular weight excluding hydrogens is 370 g/mol. The molecule has 0 aromatic heterocycles. The fraction of sp³-hybridized carbons (Fsp3) is 0.227. The van der Waals surface area contributed by atoms with Gasteiger partial charge in [0.15, 0.2) is 0 Å². The van der Waals surface area contributed by atoms with Crippen LogP contribution in [0, 0.1) is 0 Å². The molecule has 7 heteroatoms. The van der Waals surface area contributed by atoms with Crippen molar-refractivity contribution in [3.63, 3.8) is 0 Å². The van der Waals surface area contributed by atoms with E-state index in [9.17, 15) is 14.4 Å². The molecule has 0 unspecified atom stereocenters. The van der Waals surface area contributed by atoms with Crippen LogP contribution in [-0.2, 0) is 14.4 Å². The van der Waals surface area contributed by atoms with Crippen molar-refractivity contribution in [2.75, 3.05) is 17.7 Å². The zero-order valence-electron chi connectivity index (χ0n) is 16.8. The number of carbonyl (C=O) groups excluding carboxylic acids is 3. The molecule has 2 aromatic rings. The highest BCUT2D eigenvalue weighted by Gasteiger charge is 2.40. The van der Waals surface area contributed by atoms with Gasteiger partial charge in [-0.25, -0.2) is 0 Å². The summed E-state index contributed by atoms with van der Waals surface area (Å²) in [5.41, 5.74) is 2.34. The van der Waals surface area contributed by atoms with Gasteiger partial charge in [-0.05, 0) is 43.7 Å². The second kappa shape index (κ2) is 8.18. The highest BCUT2D eigenvalue weighted by atomic mass is 16.5. The Labute approximate surface area is 169 Å². The van der Waals surface area contributed by atoms with Crippen molar-refractivity contribution in [1.29, 1.82) is 0 Å². The highest BCUT2D eigenvalue weighted by molar-refractivity contribution is 6.36. The van der Waals surface area contributed by atoms with Gasteiger partial charge in [0, 0.05) is 30.4 Å². The average molecular weight is 393 g/mol. The molecule has 29 heavy (non-hydrogen) atoms. The van der Waals surface area contributed by atoms with E-state index in [4.69, 9.17) is 4.74 Å². The summed E-state index contributed by atoms with van der Waals surface area (Å²) in [7, 11) is 1.56. The van der Waals surface area contributed by atoms with Gasteiger partial charge in [0.05, 0.1) is 12.7 Å². The van der Waals surface area contributed by atoms with E-state index in [0.717, 1.165) is 0 Å². The SMILES string of the molecule is COc1cccc(NC2=C(c3ccc(NC(C)=O)cc3)C(=O)N(C(C)C)C2=O)c1. The zero-order chi connectivity index (χ0) is 21.1. The van der Waals surface area contributed by atoms with Crippen LogP contribution in [0.15, 0.2) is 54.2 Å². The first kappa shape index (κ1) is 20.1. The van der Waals surface area contributed by atoms with Crippen LogP contribution in [0.1, 0.15) is 26.3 Å². The van der Waals surface area contributed by atoms with Gasteiger partial charge in [-0.2, -0.15) is 0 Å². The van der Waals surface area contributed by atoms with Crippen molar-refractivity contribution in [3.05, 3.63) is 59.8 Å². The first-order chi connectivity index (χ1) is 13.8. The van der Waals surface area contributed by atoms with Crippen molar-refractivity contribution in [1.82, 2.24) is 4.90 Å². The number of nitrogens with zero attached hydrogens (tertiary/aromatic N) is 1. The maximum Gasteiger partial charge on any atom is 0.278 e. The second-order valence-electron chi connectivity index (χ2n) is 6.94. The number of imide groups is 1. The molecule has 0 bridgehead atoms. The monoisotopic (exact) mass is 393 g/mol. The first-order valence-corrected chi connectivity index (χ1v) is 9.23. The lowest BCUT2D eigenvalue weighted by molar-refractivity contribution is -0.138. The van der Waals surface area contributed by atoms with Crippen molar-refractivity contribution >= 4 is 34.7 Å². The Morgan fingerprint density at radius 2 is 1.69 bits per heavy atom. The quantitative estimate of drug-likeness (QED) is 0.736. The van der Waals surface area contributed by atoms with Crippen LogP contribution in [-0.4, -0.2) is 35.8 Å². The predicted octanol–water partition coefficient (Wildman–Crippen LogP) is 3.25. The molecule has 0 radical (unpaired) electrons. The van der Waals surface area contributed by atoms with Gasteiger partial charge < -0.3 is 15.4 Å². The molecule has 150 valence electrons. The van der Waals surface area contributed by atoms with E-state index >= 15 is 0 Å². The van der Waals surface area contributed by atoms with Gasteiger partial charge >= 0.3 is 0 Å². The molecule has 0 spiro atoms. The van der Waals surface area contributed by atoms with Gasteiger partial charge in [-0.15, -0.1) is 0 Å². The van der Waals surface area contributed by atoms with E-state index in [1.54, 1.807) is 69.5 Å². The lowest BCUT2D eigenvalue weighted by Crippen LogP contribution is -2.38. The number of ether oxygens (including phenoxy) is 1. The molecule has 1 aliphatic rings. The molecule has 0 aliphatic carbocycles. The van der Waals surface area contributed by atoms with Crippen LogP contribution in [0.4, 0.5) is 11.4 Å². The molecule has 1 aliphatic heterocycles. The van der Waals surface area contributed by atoms with Gasteiger partial charge in [-0.1, -0.05) is 18.2 Å². The van der Waals surface area contributed by atoms with E-state index in [2.05, 4.69) is 10.6 Å². The largest absolute Gasteiger partial charge is 0.497 e. The highest BCUT2D eigenvalue weighted by Crippen LogP contribution is 2.32. The van der Waals surface area contributed by atoms with E-state index in [0.29, 0.717) is 28.3 Å². The topological polar surface area (TPSA) is 87.7 Å². The number of hydrogen-bond donors (Lipinski definition) is 2. The Hall–Kier alpha value is -3.61. The fourth-order valence-corrected chi connectivity index (χ4v) is 3.17. The Bertz CT molecular complexity index is 993. The number of anilines is 2. The van der Waals surface area contributed by atoms with Crippen LogP contribution >= 0.6 is 0 Å². The fourth-order valence-electron chi connectivity index (χ4n) is 3.17. The summed E-state index contributed by atoms with van der Waals surface area (Å²) in [6.07, 6.45) is 0. The normalized spacial score (nSPS) is 13.9. The molecule has 0 saturated carbocycles. The Kier molecular flexibility index (Phi) is 5.68. The molecule has 3 amide bonds. The third-order valence-corrected chi connectivity index (χ3v) is 4.46.